The number of carbonyl (C=O) groups excluding carboxylic acids is 1. The number of nitrogens with zero attached hydrogens (tertiary/aromatic N) is 4. The Kier molecular flexibility index (Phi) is 7.91. The van der Waals surface area contributed by atoms with Gasteiger partial charge in [-0.1, -0.05) is 19.6 Å². The van der Waals surface area contributed by atoms with E-state index in [0.29, 0.717) is 37.0 Å². The lowest BCUT2D eigenvalue weighted by Crippen LogP contribution is -2.34. The number of nitro benzene ring substituents is 1. The van der Waals surface area contributed by atoms with Crippen molar-refractivity contribution < 1.29 is 19.2 Å². The molecular weight excluding hydrogens is 440 g/mol. The first-order valence-corrected chi connectivity index (χ1v) is 15.0. The van der Waals surface area contributed by atoms with Gasteiger partial charge in [0.25, 0.3) is 5.69 Å². The molecule has 3 rings (SSSR count). The maximum atomic E-state index is 11.9. The molecule has 1 saturated heterocycles. The minimum atomic E-state index is -1.13. The van der Waals surface area contributed by atoms with Gasteiger partial charge in [0.15, 0.2) is 0 Å². The number of carbonyl (C=O) groups is 1. The van der Waals surface area contributed by atoms with E-state index in [2.05, 4.69) is 29.2 Å². The molecule has 10 heteroatoms. The molecule has 180 valence electrons. The first kappa shape index (κ1) is 24.9. The Morgan fingerprint density at radius 3 is 2.58 bits per heavy atom. The highest BCUT2D eigenvalue weighted by Gasteiger charge is 2.29. The van der Waals surface area contributed by atoms with Gasteiger partial charge in [0.05, 0.1) is 29.6 Å². The summed E-state index contributed by atoms with van der Waals surface area (Å²) in [5.74, 6) is -0.207. The molecule has 0 bridgehead atoms. The molecule has 1 aliphatic heterocycles. The number of hydrogen-bond acceptors (Lipinski definition) is 7. The Morgan fingerprint density at radius 2 is 1.97 bits per heavy atom. The molecule has 1 aromatic carbocycles. The van der Waals surface area contributed by atoms with E-state index in [1.165, 1.54) is 24.9 Å². The minimum Gasteiger partial charge on any atom is -0.465 e. The van der Waals surface area contributed by atoms with Crippen molar-refractivity contribution in [2.45, 2.75) is 58.1 Å². The summed E-state index contributed by atoms with van der Waals surface area (Å²) >= 11 is 0. The van der Waals surface area contributed by atoms with E-state index in [1.54, 1.807) is 6.07 Å². The Labute approximate surface area is 195 Å². The van der Waals surface area contributed by atoms with Crippen molar-refractivity contribution >= 4 is 25.4 Å². The fourth-order valence-corrected chi connectivity index (χ4v) is 4.99. The predicted octanol–water partition coefficient (Wildman–Crippen LogP) is 4.58. The van der Waals surface area contributed by atoms with Crippen molar-refractivity contribution in [3.63, 3.8) is 0 Å². The SMILES string of the molecule is COC(=O)c1ccc([N+](=O)[O-])c(N2CCC(c3c(C)ncn3COCC[Si](C)(C)C)CC2)c1. The molecule has 0 saturated carbocycles. The standard InChI is InChI=1S/C23H34N4O5Si/c1-17-22(26(15-24-17)16-32-12-13-33(3,4)5)18-8-10-25(11-9-18)21-14-19(23(28)31-2)6-7-20(21)27(29)30/h6-7,14-15,18H,8-13,16H2,1-5H3. The van der Waals surface area contributed by atoms with Crippen molar-refractivity contribution in [2.75, 3.05) is 31.7 Å². The van der Waals surface area contributed by atoms with Gasteiger partial charge in [-0.25, -0.2) is 9.78 Å². The third kappa shape index (κ3) is 6.20. The van der Waals surface area contributed by atoms with Crippen LogP contribution in [0.2, 0.25) is 25.7 Å². The molecule has 0 N–H and O–H groups in total. The molecule has 0 atom stereocenters. The van der Waals surface area contributed by atoms with E-state index in [-0.39, 0.29) is 5.69 Å². The number of nitro groups is 1. The van der Waals surface area contributed by atoms with Gasteiger partial charge in [-0.15, -0.1) is 0 Å². The summed E-state index contributed by atoms with van der Waals surface area (Å²) in [5, 5.41) is 11.6. The fraction of sp³-hybridized carbons (Fsp3) is 0.565. The summed E-state index contributed by atoms with van der Waals surface area (Å²) in [6.45, 7) is 11.6. The van der Waals surface area contributed by atoms with Gasteiger partial charge in [-0.05, 0) is 37.9 Å². The molecule has 0 radical (unpaired) electrons. The van der Waals surface area contributed by atoms with Crippen molar-refractivity contribution in [3.05, 3.63) is 51.6 Å². The van der Waals surface area contributed by atoms with Crippen LogP contribution in [0.25, 0.3) is 0 Å². The van der Waals surface area contributed by atoms with Crippen LogP contribution >= 0.6 is 0 Å². The van der Waals surface area contributed by atoms with Crippen molar-refractivity contribution in [1.29, 1.82) is 0 Å². The predicted molar refractivity (Wildman–Crippen MR) is 130 cm³/mol. The molecule has 33 heavy (non-hydrogen) atoms. The van der Waals surface area contributed by atoms with E-state index < -0.39 is 19.0 Å². The summed E-state index contributed by atoms with van der Waals surface area (Å²) in [5.41, 5.74) is 2.95. The van der Waals surface area contributed by atoms with Crippen LogP contribution in [-0.2, 0) is 16.2 Å². The van der Waals surface area contributed by atoms with Crippen molar-refractivity contribution in [1.82, 2.24) is 9.55 Å². The summed E-state index contributed by atoms with van der Waals surface area (Å²) in [6.07, 6.45) is 3.51. The zero-order chi connectivity index (χ0) is 24.2. The molecule has 1 aliphatic rings. The van der Waals surface area contributed by atoms with Crippen LogP contribution < -0.4 is 4.90 Å². The monoisotopic (exact) mass is 474 g/mol. The van der Waals surface area contributed by atoms with E-state index in [4.69, 9.17) is 9.47 Å². The first-order chi connectivity index (χ1) is 15.6. The zero-order valence-corrected chi connectivity index (χ0v) is 21.2. The van der Waals surface area contributed by atoms with Crippen molar-refractivity contribution in [3.8, 4) is 0 Å². The lowest BCUT2D eigenvalue weighted by molar-refractivity contribution is -0.384. The fourth-order valence-electron chi connectivity index (χ4n) is 4.24. The van der Waals surface area contributed by atoms with E-state index >= 15 is 0 Å². The van der Waals surface area contributed by atoms with Crippen LogP contribution in [0, 0.1) is 17.0 Å². The maximum absolute atomic E-state index is 11.9. The average Bonchev–Trinajstić information content (AvgIpc) is 3.15. The molecule has 9 nitrogen and oxygen atoms in total. The number of hydrogen-bond donors (Lipinski definition) is 0. The van der Waals surface area contributed by atoms with E-state index in [9.17, 15) is 14.9 Å². The molecule has 1 aromatic heterocycles. The molecule has 2 heterocycles. The van der Waals surface area contributed by atoms with Crippen LogP contribution in [0.3, 0.4) is 0 Å². The highest BCUT2D eigenvalue weighted by Crippen LogP contribution is 2.36. The van der Waals surface area contributed by atoms with Gasteiger partial charge in [-0.2, -0.15) is 0 Å². The maximum Gasteiger partial charge on any atom is 0.337 e. The molecule has 0 amide bonds. The normalized spacial score (nSPS) is 15.0. The van der Waals surface area contributed by atoms with Crippen LogP contribution in [0.1, 0.15) is 40.5 Å². The second-order valence-corrected chi connectivity index (χ2v) is 15.4. The van der Waals surface area contributed by atoms with Gasteiger partial charge < -0.3 is 18.9 Å². The Hall–Kier alpha value is -2.72. The van der Waals surface area contributed by atoms with Crippen LogP contribution in [0.15, 0.2) is 24.5 Å². The number of imidazole rings is 1. The Morgan fingerprint density at radius 1 is 1.27 bits per heavy atom. The number of aryl methyl sites for hydroxylation is 1. The van der Waals surface area contributed by atoms with Crippen molar-refractivity contribution in [2.24, 2.45) is 0 Å². The van der Waals surface area contributed by atoms with Gasteiger partial charge in [0.1, 0.15) is 12.4 Å². The van der Waals surface area contributed by atoms with Gasteiger partial charge in [-0.3, -0.25) is 10.1 Å². The third-order valence-electron chi connectivity index (χ3n) is 6.11. The summed E-state index contributed by atoms with van der Waals surface area (Å²) < 4.78 is 12.8. The number of methoxy groups -OCH3 is 1. The van der Waals surface area contributed by atoms with Gasteiger partial charge in [0, 0.05) is 45.4 Å². The topological polar surface area (TPSA) is 99.7 Å². The summed E-state index contributed by atoms with van der Waals surface area (Å²) in [7, 11) is 0.166. The van der Waals surface area contributed by atoms with Gasteiger partial charge >= 0.3 is 5.97 Å². The van der Waals surface area contributed by atoms with E-state index in [1.807, 2.05) is 18.2 Å². The van der Waals surface area contributed by atoms with Crippen LogP contribution in [0.4, 0.5) is 11.4 Å². The summed E-state index contributed by atoms with van der Waals surface area (Å²) in [6, 6.07) is 5.50. The Balaban J connectivity index is 1.70. The smallest absolute Gasteiger partial charge is 0.337 e. The summed E-state index contributed by atoms with van der Waals surface area (Å²) in [4.78, 5) is 29.6. The first-order valence-electron chi connectivity index (χ1n) is 11.3. The van der Waals surface area contributed by atoms with Crippen LogP contribution in [0.5, 0.6) is 0 Å². The Bertz CT molecular complexity index is 993. The quantitative estimate of drug-likeness (QED) is 0.172. The number of piperidine rings is 1. The number of anilines is 1. The average molecular weight is 475 g/mol. The largest absolute Gasteiger partial charge is 0.465 e. The highest BCUT2D eigenvalue weighted by molar-refractivity contribution is 6.76. The second-order valence-electron chi connectivity index (χ2n) is 9.75. The van der Waals surface area contributed by atoms with E-state index in [0.717, 1.165) is 31.2 Å². The minimum absolute atomic E-state index is 0.00174. The number of esters is 1. The second kappa shape index (κ2) is 10.5. The molecule has 2 aromatic rings. The molecule has 0 spiro atoms. The molecular formula is C23H34N4O5Si. The highest BCUT2D eigenvalue weighted by atomic mass is 28.3. The molecule has 1 fully saturated rings. The molecule has 0 aliphatic carbocycles. The number of rotatable bonds is 9. The molecule has 0 unspecified atom stereocenters. The van der Waals surface area contributed by atoms with Gasteiger partial charge in [0.2, 0.25) is 0 Å². The van der Waals surface area contributed by atoms with Crippen LogP contribution in [-0.4, -0.2) is 55.3 Å². The lowest BCUT2D eigenvalue weighted by Gasteiger charge is -2.34. The third-order valence-corrected chi connectivity index (χ3v) is 7.82. The zero-order valence-electron chi connectivity index (χ0n) is 20.2. The number of ether oxygens (including phenoxy) is 2. The number of benzene rings is 1. The number of aromatic nitrogens is 2. The lowest BCUT2D eigenvalue weighted by atomic mass is 9.91.